The summed E-state index contributed by atoms with van der Waals surface area (Å²) in [6, 6.07) is -0.808. The van der Waals surface area contributed by atoms with E-state index in [2.05, 4.69) is 50.5 Å². The van der Waals surface area contributed by atoms with E-state index in [4.69, 9.17) is 30.9 Å². The standard InChI is InChI=1S/C42H72BNO12P2/c1-28(2)11-10-12-29(3)33-15-16-34-32-14-13-30-25-31(19-21-41(30,4)35(32)20-22-42(33,34)5)54-40(46)18-17-39(45)44-23-8-7-9-24-52-58(49,50)53-27-37-36(26-38(43)55-37)56-57(47,48)51-6/h13,28-29,31-38H,7-12,14-27H2,1-6H3,(H,44,45)(H,47,48)(H,49,50)/t29?,31-,32-,33?,34-,35-,36+,37?,38+,41-,42+/m0/s1. The van der Waals surface area contributed by atoms with Crippen LogP contribution in [0, 0.1) is 46.3 Å². The largest absolute Gasteiger partial charge is 0.472 e. The van der Waals surface area contributed by atoms with Crippen LogP contribution in [0.15, 0.2) is 11.6 Å². The van der Waals surface area contributed by atoms with Gasteiger partial charge < -0.3 is 24.6 Å². The maximum Gasteiger partial charge on any atom is 0.472 e. The Morgan fingerprint density at radius 1 is 0.966 bits per heavy atom. The molecule has 330 valence electrons. The minimum Gasteiger partial charge on any atom is -0.462 e. The number of nitrogens with one attached hydrogen (secondary N) is 1. The number of hydrogen-bond acceptors (Lipinski definition) is 10. The molecule has 13 atom stereocenters. The number of fused-ring (bicyclic) bond motifs is 5. The van der Waals surface area contributed by atoms with E-state index >= 15 is 0 Å². The molecule has 2 radical (unpaired) electrons. The Morgan fingerprint density at radius 2 is 1.74 bits per heavy atom. The lowest BCUT2D eigenvalue weighted by Crippen LogP contribution is -2.51. The van der Waals surface area contributed by atoms with Gasteiger partial charge >= 0.3 is 21.6 Å². The van der Waals surface area contributed by atoms with Crippen LogP contribution in [0.3, 0.4) is 0 Å². The van der Waals surface area contributed by atoms with Crippen molar-refractivity contribution in [2.75, 3.05) is 26.9 Å². The van der Waals surface area contributed by atoms with Crippen molar-refractivity contribution in [1.29, 1.82) is 0 Å². The van der Waals surface area contributed by atoms with E-state index in [1.807, 2.05) is 0 Å². The summed E-state index contributed by atoms with van der Waals surface area (Å²) in [5, 5.41) is 2.83. The maximum absolute atomic E-state index is 12.8. The Morgan fingerprint density at radius 3 is 2.48 bits per heavy atom. The quantitative estimate of drug-likeness (QED) is 0.0312. The number of ether oxygens (including phenoxy) is 2. The highest BCUT2D eigenvalue weighted by Crippen LogP contribution is 2.67. The van der Waals surface area contributed by atoms with E-state index in [0.29, 0.717) is 37.1 Å². The van der Waals surface area contributed by atoms with Gasteiger partial charge in [0.25, 0.3) is 0 Å². The number of amides is 1. The fraction of sp³-hybridized carbons (Fsp3) is 0.905. The van der Waals surface area contributed by atoms with E-state index in [1.165, 1.54) is 50.5 Å². The predicted molar refractivity (Wildman–Crippen MR) is 221 cm³/mol. The number of unbranched alkanes of at least 4 members (excludes halogenated alkanes) is 2. The molecule has 0 aromatic rings. The third-order valence-electron chi connectivity index (χ3n) is 14.6. The highest BCUT2D eigenvalue weighted by molar-refractivity contribution is 7.47. The summed E-state index contributed by atoms with van der Waals surface area (Å²) in [6.45, 7) is 12.2. The van der Waals surface area contributed by atoms with Crippen molar-refractivity contribution in [1.82, 2.24) is 5.32 Å². The van der Waals surface area contributed by atoms with Gasteiger partial charge in [-0.05, 0) is 117 Å². The van der Waals surface area contributed by atoms with Crippen molar-refractivity contribution >= 4 is 35.4 Å². The Hall–Kier alpha value is -1.08. The number of phosphoric ester groups is 2. The molecule has 1 aliphatic heterocycles. The van der Waals surface area contributed by atoms with Crippen molar-refractivity contribution in [2.24, 2.45) is 46.3 Å². The van der Waals surface area contributed by atoms with Crippen LogP contribution < -0.4 is 5.32 Å². The Balaban J connectivity index is 0.944. The second-order valence-electron chi connectivity index (χ2n) is 18.9. The van der Waals surface area contributed by atoms with Crippen molar-refractivity contribution in [3.8, 4) is 0 Å². The smallest absolute Gasteiger partial charge is 0.462 e. The number of rotatable bonds is 22. The van der Waals surface area contributed by atoms with E-state index in [1.54, 1.807) is 0 Å². The van der Waals surface area contributed by atoms with Gasteiger partial charge in [-0.1, -0.05) is 65.5 Å². The Kier molecular flexibility index (Phi) is 17.3. The zero-order valence-electron chi connectivity index (χ0n) is 35.9. The van der Waals surface area contributed by atoms with Crippen LogP contribution in [0.25, 0.3) is 0 Å². The molecule has 0 spiro atoms. The van der Waals surface area contributed by atoms with Crippen LogP contribution >= 0.6 is 15.6 Å². The molecule has 4 fully saturated rings. The van der Waals surface area contributed by atoms with Crippen molar-refractivity contribution < 1.29 is 56.1 Å². The highest BCUT2D eigenvalue weighted by atomic mass is 31.2. The fourth-order valence-electron chi connectivity index (χ4n) is 11.5. The third-order valence-corrected chi connectivity index (χ3v) is 16.6. The summed E-state index contributed by atoms with van der Waals surface area (Å²) in [7, 11) is -2.03. The molecule has 1 saturated heterocycles. The summed E-state index contributed by atoms with van der Waals surface area (Å²) in [5.74, 6) is 4.19. The number of hydrogen-bond donors (Lipinski definition) is 3. The summed E-state index contributed by atoms with van der Waals surface area (Å²) >= 11 is 0. The van der Waals surface area contributed by atoms with Crippen LogP contribution in [-0.4, -0.2) is 80.7 Å². The van der Waals surface area contributed by atoms with Crippen LogP contribution in [0.4, 0.5) is 0 Å². The van der Waals surface area contributed by atoms with Gasteiger partial charge in [0.2, 0.25) is 5.91 Å². The minimum atomic E-state index is -4.44. The van der Waals surface area contributed by atoms with Crippen LogP contribution in [0.1, 0.15) is 144 Å². The molecule has 0 aromatic heterocycles. The fourth-order valence-corrected chi connectivity index (χ4v) is 13.0. The van der Waals surface area contributed by atoms with Gasteiger partial charge in [0.15, 0.2) is 0 Å². The molecule has 4 aliphatic carbocycles. The number of allylic oxidation sites excluding steroid dienone is 1. The van der Waals surface area contributed by atoms with E-state index < -0.39 is 40.5 Å². The molecule has 5 aliphatic rings. The molecule has 13 nitrogen and oxygen atoms in total. The first kappa shape index (κ1) is 48.0. The molecule has 16 heteroatoms. The van der Waals surface area contributed by atoms with Gasteiger partial charge in [-0.2, -0.15) is 0 Å². The first-order valence-electron chi connectivity index (χ1n) is 22.1. The monoisotopic (exact) mass is 855 g/mol. The zero-order valence-corrected chi connectivity index (χ0v) is 37.7. The normalized spacial score (nSPS) is 35.8. The van der Waals surface area contributed by atoms with Gasteiger partial charge in [0.1, 0.15) is 20.1 Å². The summed E-state index contributed by atoms with van der Waals surface area (Å²) in [5.41, 5.74) is 2.14. The minimum absolute atomic E-state index is 0.0384. The van der Waals surface area contributed by atoms with Crippen molar-refractivity contribution in [2.45, 2.75) is 168 Å². The average molecular weight is 856 g/mol. The van der Waals surface area contributed by atoms with Gasteiger partial charge in [0, 0.05) is 32.5 Å². The Bertz CT molecular complexity index is 1520. The van der Waals surface area contributed by atoms with Crippen LogP contribution in [-0.2, 0) is 46.3 Å². The molecule has 0 aromatic carbocycles. The number of phosphoric acid groups is 2. The second-order valence-corrected chi connectivity index (χ2v) is 21.9. The zero-order chi connectivity index (χ0) is 42.3. The van der Waals surface area contributed by atoms with Gasteiger partial charge in [-0.25, -0.2) is 9.13 Å². The predicted octanol–water partition coefficient (Wildman–Crippen LogP) is 8.56. The topological polar surface area (TPSA) is 176 Å². The molecule has 5 rings (SSSR count). The number of carbonyl (C=O) groups excluding carboxylic acids is 2. The molecule has 1 amide bonds. The molecule has 3 saturated carbocycles. The lowest BCUT2D eigenvalue weighted by molar-refractivity contribution is -0.152. The first-order valence-corrected chi connectivity index (χ1v) is 25.1. The summed E-state index contributed by atoms with van der Waals surface area (Å²) in [4.78, 5) is 44.9. The van der Waals surface area contributed by atoms with E-state index in [-0.39, 0.29) is 49.3 Å². The van der Waals surface area contributed by atoms with E-state index in [0.717, 1.165) is 62.4 Å². The first-order chi connectivity index (χ1) is 27.4. The average Bonchev–Trinajstić information content (AvgIpc) is 3.70. The van der Waals surface area contributed by atoms with Gasteiger partial charge in [0.05, 0.1) is 25.7 Å². The molecule has 0 bridgehead atoms. The summed E-state index contributed by atoms with van der Waals surface area (Å²) in [6.07, 6.45) is 15.7. The maximum atomic E-state index is 12.8. The lowest BCUT2D eigenvalue weighted by Gasteiger charge is -2.58. The Labute approximate surface area is 348 Å². The lowest BCUT2D eigenvalue weighted by atomic mass is 9.47. The number of esters is 1. The summed E-state index contributed by atoms with van der Waals surface area (Å²) < 4.78 is 54.8. The molecular formula is C42H72BNO12P2. The van der Waals surface area contributed by atoms with Crippen molar-refractivity contribution in [3.63, 3.8) is 0 Å². The van der Waals surface area contributed by atoms with Gasteiger partial charge in [-0.3, -0.25) is 27.7 Å². The van der Waals surface area contributed by atoms with E-state index in [9.17, 15) is 28.5 Å². The highest BCUT2D eigenvalue weighted by Gasteiger charge is 2.59. The van der Waals surface area contributed by atoms with Crippen LogP contribution in [0.2, 0.25) is 0 Å². The second kappa shape index (κ2) is 20.9. The number of carbonyl (C=O) groups is 2. The molecule has 1 heterocycles. The van der Waals surface area contributed by atoms with Gasteiger partial charge in [-0.15, -0.1) is 0 Å². The molecule has 5 unspecified atom stereocenters. The molecule has 3 N–H and O–H groups in total. The van der Waals surface area contributed by atoms with Crippen molar-refractivity contribution in [3.05, 3.63) is 11.6 Å². The van der Waals surface area contributed by atoms with Crippen LogP contribution in [0.5, 0.6) is 0 Å². The molecular weight excluding hydrogens is 783 g/mol. The SMILES string of the molecule is [B][C@H]1C[C@@H](OP(=O)(O)OC)C(COP(=O)(O)OCCCCCNC(=O)CCC(=O)O[C@H]2CC[C@@]3(C)C(=CC[C@@H]4[C@@H]3CC[C@]3(C)C(C(C)CCCC(C)C)CC[C@@H]43)C2)O1. The third kappa shape index (κ3) is 12.5. The molecule has 58 heavy (non-hydrogen) atoms.